The molecule has 0 saturated heterocycles. The molecule has 0 spiro atoms. The molecule has 3 atom stereocenters. The van der Waals surface area contributed by atoms with Crippen LogP contribution in [-0.2, 0) is 14.3 Å². The highest BCUT2D eigenvalue weighted by molar-refractivity contribution is 6.11. The Kier molecular flexibility index (Phi) is 5.01. The molecule has 0 radical (unpaired) electrons. The fraction of sp³-hybridized carbons (Fsp3) is 0.304. The lowest BCUT2D eigenvalue weighted by molar-refractivity contribution is -0.151. The number of para-hydroxylation sites is 2. The van der Waals surface area contributed by atoms with E-state index in [1.807, 2.05) is 55.5 Å². The van der Waals surface area contributed by atoms with Gasteiger partial charge < -0.3 is 20.1 Å². The molecule has 2 aromatic rings. The van der Waals surface area contributed by atoms with Crippen molar-refractivity contribution in [2.75, 3.05) is 24.9 Å². The molecule has 4 rings (SSSR count). The van der Waals surface area contributed by atoms with Gasteiger partial charge >= 0.3 is 5.97 Å². The van der Waals surface area contributed by atoms with Crippen molar-refractivity contribution in [3.05, 3.63) is 65.4 Å². The zero-order valence-electron chi connectivity index (χ0n) is 16.7. The van der Waals surface area contributed by atoms with Gasteiger partial charge in [0, 0.05) is 11.3 Å². The van der Waals surface area contributed by atoms with Crippen LogP contribution in [0.1, 0.15) is 24.9 Å². The van der Waals surface area contributed by atoms with E-state index in [2.05, 4.69) is 10.6 Å². The van der Waals surface area contributed by atoms with Crippen molar-refractivity contribution in [2.45, 2.75) is 19.4 Å². The van der Waals surface area contributed by atoms with Gasteiger partial charge in [0.25, 0.3) is 0 Å². The Bertz CT molecular complexity index is 998. The molecule has 1 heterocycles. The molecule has 0 saturated carbocycles. The van der Waals surface area contributed by atoms with Gasteiger partial charge in [0.1, 0.15) is 11.7 Å². The fourth-order valence-electron chi connectivity index (χ4n) is 4.20. The highest BCUT2D eigenvalue weighted by atomic mass is 16.5. The Morgan fingerprint density at radius 2 is 1.83 bits per heavy atom. The molecule has 2 aliphatic rings. The lowest BCUT2D eigenvalue weighted by atomic mass is 9.75. The number of ketones is 1. The number of ether oxygens (including phenoxy) is 2. The van der Waals surface area contributed by atoms with E-state index in [1.54, 1.807) is 7.11 Å². The maximum Gasteiger partial charge on any atom is 0.316 e. The third kappa shape index (κ3) is 3.35. The van der Waals surface area contributed by atoms with E-state index in [0.717, 1.165) is 22.6 Å². The van der Waals surface area contributed by atoms with Crippen LogP contribution in [0.25, 0.3) is 0 Å². The van der Waals surface area contributed by atoms with Crippen LogP contribution in [0.15, 0.2) is 59.8 Å². The van der Waals surface area contributed by atoms with Gasteiger partial charge in [-0.3, -0.25) is 9.59 Å². The van der Waals surface area contributed by atoms with Gasteiger partial charge in [-0.15, -0.1) is 0 Å². The van der Waals surface area contributed by atoms with Crippen LogP contribution in [0, 0.1) is 11.8 Å². The molecule has 29 heavy (non-hydrogen) atoms. The SMILES string of the molecule is COC(=O)C1C(=O)C2=C(CC1C)Nc1ccccc1NC2c1cccc(OC)c1. The summed E-state index contributed by atoms with van der Waals surface area (Å²) in [5.41, 5.74) is 4.10. The lowest BCUT2D eigenvalue weighted by Crippen LogP contribution is -2.39. The van der Waals surface area contributed by atoms with Gasteiger partial charge in [0.05, 0.1) is 31.6 Å². The van der Waals surface area contributed by atoms with Crippen LogP contribution < -0.4 is 15.4 Å². The third-order valence-electron chi connectivity index (χ3n) is 5.65. The van der Waals surface area contributed by atoms with E-state index < -0.39 is 17.9 Å². The largest absolute Gasteiger partial charge is 0.497 e. The molecule has 0 bridgehead atoms. The maximum atomic E-state index is 13.5. The van der Waals surface area contributed by atoms with Crippen LogP contribution in [-0.4, -0.2) is 26.0 Å². The number of carbonyl (C=O) groups excluding carboxylic acids is 2. The minimum Gasteiger partial charge on any atom is -0.497 e. The molecular weight excluding hydrogens is 368 g/mol. The smallest absolute Gasteiger partial charge is 0.316 e. The van der Waals surface area contributed by atoms with Gasteiger partial charge in [0.15, 0.2) is 5.78 Å². The number of nitrogens with one attached hydrogen (secondary N) is 2. The van der Waals surface area contributed by atoms with Crippen LogP contribution in [0.2, 0.25) is 0 Å². The molecule has 2 aromatic carbocycles. The predicted molar refractivity (Wildman–Crippen MR) is 111 cm³/mol. The van der Waals surface area contributed by atoms with Crippen molar-refractivity contribution in [3.8, 4) is 5.75 Å². The molecule has 6 nitrogen and oxygen atoms in total. The summed E-state index contributed by atoms with van der Waals surface area (Å²) < 4.78 is 10.3. The maximum absolute atomic E-state index is 13.5. The average Bonchev–Trinajstić information content (AvgIpc) is 2.90. The zero-order chi connectivity index (χ0) is 20.5. The Morgan fingerprint density at radius 1 is 1.07 bits per heavy atom. The summed E-state index contributed by atoms with van der Waals surface area (Å²) >= 11 is 0. The van der Waals surface area contributed by atoms with Crippen LogP contribution in [0.5, 0.6) is 5.75 Å². The number of Topliss-reactive ketones (excluding diaryl/α,β-unsaturated/α-hetero) is 1. The number of esters is 1. The molecule has 0 aromatic heterocycles. The zero-order valence-corrected chi connectivity index (χ0v) is 16.7. The summed E-state index contributed by atoms with van der Waals surface area (Å²) in [6.45, 7) is 1.91. The second-order valence-electron chi connectivity index (χ2n) is 7.46. The number of rotatable bonds is 3. The Labute approximate surface area is 169 Å². The first kappa shape index (κ1) is 19.1. The molecule has 0 fully saturated rings. The molecule has 150 valence electrons. The standard InChI is InChI=1S/C23H24N2O4/c1-13-11-18-20(22(26)19(13)23(27)29-3)21(14-7-6-8-15(12-14)28-2)25-17-10-5-4-9-16(17)24-18/h4-10,12-13,19,21,24-25H,11H2,1-3H3. The minimum absolute atomic E-state index is 0.155. The minimum atomic E-state index is -0.809. The summed E-state index contributed by atoms with van der Waals surface area (Å²) in [5.74, 6) is -0.946. The summed E-state index contributed by atoms with van der Waals surface area (Å²) in [7, 11) is 2.94. The number of hydrogen-bond donors (Lipinski definition) is 2. The van der Waals surface area contributed by atoms with Gasteiger partial charge in [-0.1, -0.05) is 31.2 Å². The first-order valence-corrected chi connectivity index (χ1v) is 9.65. The average molecular weight is 392 g/mol. The molecular formula is C23H24N2O4. The lowest BCUT2D eigenvalue weighted by Gasteiger charge is -2.32. The molecule has 1 aliphatic carbocycles. The highest BCUT2D eigenvalue weighted by Crippen LogP contribution is 2.44. The molecule has 6 heteroatoms. The van der Waals surface area contributed by atoms with E-state index in [9.17, 15) is 9.59 Å². The molecule has 0 amide bonds. The van der Waals surface area contributed by atoms with Crippen LogP contribution >= 0.6 is 0 Å². The van der Waals surface area contributed by atoms with Crippen LogP contribution in [0.4, 0.5) is 11.4 Å². The normalized spacial score (nSPS) is 23.1. The summed E-state index contributed by atoms with van der Waals surface area (Å²) in [4.78, 5) is 25.9. The number of carbonyl (C=O) groups is 2. The second-order valence-corrected chi connectivity index (χ2v) is 7.46. The van der Waals surface area contributed by atoms with E-state index >= 15 is 0 Å². The number of hydrogen-bond acceptors (Lipinski definition) is 6. The van der Waals surface area contributed by atoms with Gasteiger partial charge in [-0.2, -0.15) is 0 Å². The van der Waals surface area contributed by atoms with E-state index in [0.29, 0.717) is 17.7 Å². The summed E-state index contributed by atoms with van der Waals surface area (Å²) in [6, 6.07) is 15.1. The Balaban J connectivity index is 1.87. The first-order chi connectivity index (χ1) is 14.0. The van der Waals surface area contributed by atoms with Crippen LogP contribution in [0.3, 0.4) is 0 Å². The van der Waals surface area contributed by atoms with Gasteiger partial charge in [0.2, 0.25) is 0 Å². The Morgan fingerprint density at radius 3 is 2.55 bits per heavy atom. The van der Waals surface area contributed by atoms with E-state index in [-0.39, 0.29) is 11.7 Å². The van der Waals surface area contributed by atoms with E-state index in [1.165, 1.54) is 7.11 Å². The van der Waals surface area contributed by atoms with Crippen molar-refractivity contribution < 1.29 is 19.1 Å². The number of fused-ring (bicyclic) bond motifs is 1. The number of anilines is 2. The van der Waals surface area contributed by atoms with E-state index in [4.69, 9.17) is 9.47 Å². The third-order valence-corrected chi connectivity index (χ3v) is 5.65. The molecule has 1 aliphatic heterocycles. The number of benzene rings is 2. The Hall–Kier alpha value is -3.28. The van der Waals surface area contributed by atoms with Crippen molar-refractivity contribution in [1.29, 1.82) is 0 Å². The van der Waals surface area contributed by atoms with Gasteiger partial charge in [-0.05, 0) is 42.2 Å². The van der Waals surface area contributed by atoms with Crippen molar-refractivity contribution in [2.24, 2.45) is 11.8 Å². The molecule has 2 N–H and O–H groups in total. The quantitative estimate of drug-likeness (QED) is 0.609. The monoisotopic (exact) mass is 392 g/mol. The number of methoxy groups -OCH3 is 2. The second kappa shape index (κ2) is 7.62. The van der Waals surface area contributed by atoms with Crippen molar-refractivity contribution in [1.82, 2.24) is 0 Å². The predicted octanol–water partition coefficient (Wildman–Crippen LogP) is 3.93. The summed E-state index contributed by atoms with van der Waals surface area (Å²) in [5, 5.41) is 6.94. The summed E-state index contributed by atoms with van der Waals surface area (Å²) in [6.07, 6.45) is 0.581. The highest BCUT2D eigenvalue weighted by Gasteiger charge is 2.44. The first-order valence-electron chi connectivity index (χ1n) is 9.65. The van der Waals surface area contributed by atoms with Gasteiger partial charge in [-0.25, -0.2) is 0 Å². The van der Waals surface area contributed by atoms with Crippen molar-refractivity contribution >= 4 is 23.1 Å². The topological polar surface area (TPSA) is 76.7 Å². The number of allylic oxidation sites excluding steroid dienone is 1. The fourth-order valence-corrected chi connectivity index (χ4v) is 4.20. The molecule has 3 unspecified atom stereocenters. The van der Waals surface area contributed by atoms with Crippen molar-refractivity contribution in [3.63, 3.8) is 0 Å².